The van der Waals surface area contributed by atoms with Gasteiger partial charge in [0, 0.05) is 12.1 Å². The van der Waals surface area contributed by atoms with Gasteiger partial charge in [-0.1, -0.05) is 0 Å². The number of hydrogen-bond acceptors (Lipinski definition) is 5. The summed E-state index contributed by atoms with van der Waals surface area (Å²) in [5, 5.41) is 22.9. The van der Waals surface area contributed by atoms with E-state index in [-0.39, 0.29) is 23.0 Å². The van der Waals surface area contributed by atoms with Crippen molar-refractivity contribution < 1.29 is 14.8 Å². The van der Waals surface area contributed by atoms with Crippen LogP contribution in [0.15, 0.2) is 18.2 Å². The van der Waals surface area contributed by atoms with E-state index in [0.717, 1.165) is 24.3 Å². The van der Waals surface area contributed by atoms with Crippen molar-refractivity contribution in [2.75, 3.05) is 12.0 Å². The number of nitro groups is 1. The average Bonchev–Trinajstić information content (AvgIpc) is 2.35. The molecule has 0 radical (unpaired) electrons. The Kier molecular flexibility index (Phi) is 5.62. The second kappa shape index (κ2) is 6.98. The summed E-state index contributed by atoms with van der Waals surface area (Å²) in [5.41, 5.74) is -0.437. The topological polar surface area (TPSA) is 92.5 Å². The Morgan fingerprint density at radius 1 is 1.58 bits per heavy atom. The minimum absolute atomic E-state index is 0.0816. The molecule has 0 heterocycles. The number of carbonyl (C=O) groups is 1. The van der Waals surface area contributed by atoms with Gasteiger partial charge in [0.15, 0.2) is 0 Å². The van der Waals surface area contributed by atoms with Gasteiger partial charge >= 0.3 is 0 Å². The predicted molar refractivity (Wildman–Crippen MR) is 74.7 cm³/mol. The molecule has 1 unspecified atom stereocenters. The maximum absolute atomic E-state index is 12.0. The van der Waals surface area contributed by atoms with Gasteiger partial charge in [-0.25, -0.2) is 0 Å². The summed E-state index contributed by atoms with van der Waals surface area (Å²) in [6, 6.07) is 3.33. The van der Waals surface area contributed by atoms with Gasteiger partial charge in [0.2, 0.25) is 0 Å². The van der Waals surface area contributed by atoms with Gasteiger partial charge in [0.25, 0.3) is 11.6 Å². The summed E-state index contributed by atoms with van der Waals surface area (Å²) in [6.45, 7) is 1.84. The van der Waals surface area contributed by atoms with Crippen LogP contribution < -0.4 is 5.32 Å². The number of benzene rings is 1. The lowest BCUT2D eigenvalue weighted by Gasteiger charge is -2.13. The van der Waals surface area contributed by atoms with E-state index in [1.165, 1.54) is 6.07 Å². The van der Waals surface area contributed by atoms with Crippen molar-refractivity contribution in [2.24, 2.45) is 0 Å². The number of nitrogens with zero attached hydrogens (tertiary/aromatic N) is 1. The van der Waals surface area contributed by atoms with E-state index >= 15 is 0 Å². The van der Waals surface area contributed by atoms with E-state index < -0.39 is 10.8 Å². The Labute approximate surface area is 115 Å². The Bertz CT molecular complexity index is 479. The largest absolute Gasteiger partial charge is 0.508 e. The van der Waals surface area contributed by atoms with Gasteiger partial charge in [-0.05, 0) is 37.5 Å². The molecular weight excluding hydrogens is 268 g/mol. The lowest BCUT2D eigenvalue weighted by molar-refractivity contribution is -0.385. The summed E-state index contributed by atoms with van der Waals surface area (Å²) in [5.74, 6) is 0.174. The summed E-state index contributed by atoms with van der Waals surface area (Å²) in [4.78, 5) is 22.2. The summed E-state index contributed by atoms with van der Waals surface area (Å²) < 4.78 is 0. The maximum Gasteiger partial charge on any atom is 0.282 e. The van der Waals surface area contributed by atoms with Gasteiger partial charge in [-0.2, -0.15) is 11.8 Å². The number of nitro benzene ring substituents is 1. The van der Waals surface area contributed by atoms with Crippen molar-refractivity contribution in [3.63, 3.8) is 0 Å². The molecule has 1 rings (SSSR count). The number of amides is 1. The van der Waals surface area contributed by atoms with Crippen LogP contribution in [-0.4, -0.2) is 34.0 Å². The Hall–Kier alpha value is -1.76. The monoisotopic (exact) mass is 284 g/mol. The van der Waals surface area contributed by atoms with Crippen LogP contribution in [0.5, 0.6) is 5.75 Å². The van der Waals surface area contributed by atoms with E-state index in [4.69, 9.17) is 0 Å². The van der Waals surface area contributed by atoms with Gasteiger partial charge < -0.3 is 10.4 Å². The average molecular weight is 284 g/mol. The molecule has 1 atom stereocenters. The SMILES string of the molecule is CSCCC(C)NC(=O)c1cc(O)ccc1[N+](=O)[O-]. The highest BCUT2D eigenvalue weighted by atomic mass is 32.2. The molecule has 0 aliphatic rings. The second-order valence-corrected chi connectivity index (χ2v) is 5.10. The smallest absolute Gasteiger partial charge is 0.282 e. The Morgan fingerprint density at radius 3 is 2.84 bits per heavy atom. The third-order valence-electron chi connectivity index (χ3n) is 2.55. The van der Waals surface area contributed by atoms with Crippen LogP contribution in [0.25, 0.3) is 0 Å². The van der Waals surface area contributed by atoms with E-state index in [1.807, 2.05) is 13.2 Å². The molecule has 7 heteroatoms. The van der Waals surface area contributed by atoms with Crippen molar-refractivity contribution in [1.29, 1.82) is 0 Å². The van der Waals surface area contributed by atoms with Crippen molar-refractivity contribution in [3.05, 3.63) is 33.9 Å². The number of phenols is 1. The van der Waals surface area contributed by atoms with Gasteiger partial charge in [-0.3, -0.25) is 14.9 Å². The number of aromatic hydroxyl groups is 1. The Balaban J connectivity index is 2.86. The van der Waals surface area contributed by atoms with E-state index in [9.17, 15) is 20.0 Å². The number of thioether (sulfide) groups is 1. The molecular formula is C12H16N2O4S. The lowest BCUT2D eigenvalue weighted by atomic mass is 10.1. The van der Waals surface area contributed by atoms with Crippen molar-refractivity contribution in [3.8, 4) is 5.75 Å². The molecule has 0 fully saturated rings. The van der Waals surface area contributed by atoms with Crippen molar-refractivity contribution in [2.45, 2.75) is 19.4 Å². The molecule has 0 aliphatic heterocycles. The van der Waals surface area contributed by atoms with Crippen LogP contribution in [0.3, 0.4) is 0 Å². The highest BCUT2D eigenvalue weighted by Gasteiger charge is 2.21. The van der Waals surface area contributed by atoms with Crippen LogP contribution in [0.1, 0.15) is 23.7 Å². The van der Waals surface area contributed by atoms with Gasteiger partial charge in [-0.15, -0.1) is 0 Å². The summed E-state index contributed by atoms with van der Waals surface area (Å²) in [7, 11) is 0. The van der Waals surface area contributed by atoms with Crippen LogP contribution in [0.4, 0.5) is 5.69 Å². The highest BCUT2D eigenvalue weighted by Crippen LogP contribution is 2.23. The van der Waals surface area contributed by atoms with Crippen LogP contribution in [-0.2, 0) is 0 Å². The normalized spacial score (nSPS) is 11.9. The molecule has 0 saturated heterocycles. The molecule has 0 aliphatic carbocycles. The quantitative estimate of drug-likeness (QED) is 0.617. The third kappa shape index (κ3) is 4.44. The molecule has 1 amide bonds. The fraction of sp³-hybridized carbons (Fsp3) is 0.417. The van der Waals surface area contributed by atoms with Crippen molar-refractivity contribution in [1.82, 2.24) is 5.32 Å². The Morgan fingerprint density at radius 2 is 2.26 bits per heavy atom. The van der Waals surface area contributed by atoms with E-state index in [2.05, 4.69) is 5.32 Å². The lowest BCUT2D eigenvalue weighted by Crippen LogP contribution is -2.33. The molecule has 104 valence electrons. The molecule has 19 heavy (non-hydrogen) atoms. The minimum Gasteiger partial charge on any atom is -0.508 e. The van der Waals surface area contributed by atoms with E-state index in [0.29, 0.717) is 0 Å². The molecule has 1 aromatic carbocycles. The first kappa shape index (κ1) is 15.3. The predicted octanol–water partition coefficient (Wildman–Crippen LogP) is 2.17. The third-order valence-corrected chi connectivity index (χ3v) is 3.20. The molecule has 2 N–H and O–H groups in total. The van der Waals surface area contributed by atoms with Crippen LogP contribution in [0.2, 0.25) is 0 Å². The van der Waals surface area contributed by atoms with Crippen LogP contribution in [0, 0.1) is 10.1 Å². The fourth-order valence-corrected chi connectivity index (χ4v) is 2.12. The minimum atomic E-state index is -0.638. The highest BCUT2D eigenvalue weighted by molar-refractivity contribution is 7.98. The number of rotatable bonds is 6. The van der Waals surface area contributed by atoms with Crippen LogP contribution >= 0.6 is 11.8 Å². The van der Waals surface area contributed by atoms with Gasteiger partial charge in [0.05, 0.1) is 4.92 Å². The first-order valence-electron chi connectivity index (χ1n) is 5.73. The number of nitrogens with one attached hydrogen (secondary N) is 1. The maximum atomic E-state index is 12.0. The molecule has 0 saturated carbocycles. The van der Waals surface area contributed by atoms with E-state index in [1.54, 1.807) is 11.8 Å². The second-order valence-electron chi connectivity index (χ2n) is 4.11. The zero-order chi connectivity index (χ0) is 14.4. The first-order valence-corrected chi connectivity index (χ1v) is 7.12. The standard InChI is InChI=1S/C12H16N2O4S/c1-8(5-6-19-2)13-12(16)10-7-9(15)3-4-11(10)14(17)18/h3-4,7-8,15H,5-6H2,1-2H3,(H,13,16). The number of phenolic OH excluding ortho intramolecular Hbond substituents is 1. The molecule has 1 aromatic rings. The first-order chi connectivity index (χ1) is 8.95. The molecule has 0 aromatic heterocycles. The number of carbonyl (C=O) groups excluding carboxylic acids is 1. The number of hydrogen-bond donors (Lipinski definition) is 2. The summed E-state index contributed by atoms with van der Waals surface area (Å²) >= 11 is 1.66. The molecule has 6 nitrogen and oxygen atoms in total. The van der Waals surface area contributed by atoms with Gasteiger partial charge in [0.1, 0.15) is 11.3 Å². The van der Waals surface area contributed by atoms with Crippen molar-refractivity contribution >= 4 is 23.4 Å². The molecule has 0 bridgehead atoms. The zero-order valence-corrected chi connectivity index (χ0v) is 11.6. The molecule has 0 spiro atoms. The zero-order valence-electron chi connectivity index (χ0n) is 10.8. The fourth-order valence-electron chi connectivity index (χ4n) is 1.53. The summed E-state index contributed by atoms with van der Waals surface area (Å²) in [6.07, 6.45) is 2.74.